The van der Waals surface area contributed by atoms with Crippen LogP contribution in [-0.4, -0.2) is 11.0 Å². The van der Waals surface area contributed by atoms with E-state index in [2.05, 4.69) is 4.98 Å². The molecule has 0 amide bonds. The molecule has 0 unspecified atom stereocenters. The van der Waals surface area contributed by atoms with Crippen LogP contribution in [0.4, 0.5) is 4.39 Å². The monoisotopic (exact) mass is 217 g/mol. The average Bonchev–Trinajstić information content (AvgIpc) is 2.31. The number of rotatable bonds is 2. The molecule has 80 valence electrons. The molecular formula is C12H8FNO2. The van der Waals surface area contributed by atoms with E-state index >= 15 is 0 Å². The predicted octanol–water partition coefficient (Wildman–Crippen LogP) is 2.44. The van der Waals surface area contributed by atoms with Gasteiger partial charge in [0.15, 0.2) is 0 Å². The van der Waals surface area contributed by atoms with Crippen LogP contribution in [0.3, 0.4) is 0 Å². The molecular weight excluding hydrogens is 209 g/mol. The third-order valence-corrected chi connectivity index (χ3v) is 1.91. The maximum absolute atomic E-state index is 12.6. The van der Waals surface area contributed by atoms with Crippen LogP contribution in [0.2, 0.25) is 0 Å². The molecule has 0 N–H and O–H groups in total. The lowest BCUT2D eigenvalue weighted by Gasteiger charge is -2.02. The second kappa shape index (κ2) is 4.53. The molecule has 0 fully saturated rings. The zero-order valence-corrected chi connectivity index (χ0v) is 8.26. The minimum absolute atomic E-state index is 0.219. The van der Waals surface area contributed by atoms with Crippen LogP contribution in [0.5, 0.6) is 5.88 Å². The summed E-state index contributed by atoms with van der Waals surface area (Å²) in [5, 5.41) is 0. The van der Waals surface area contributed by atoms with Crippen molar-refractivity contribution in [2.75, 3.05) is 0 Å². The molecule has 0 aliphatic heterocycles. The summed E-state index contributed by atoms with van der Waals surface area (Å²) in [6.45, 7) is 0. The van der Waals surface area contributed by atoms with Crippen molar-refractivity contribution in [2.24, 2.45) is 0 Å². The van der Waals surface area contributed by atoms with Gasteiger partial charge in [-0.25, -0.2) is 14.2 Å². The largest absolute Gasteiger partial charge is 0.404 e. The zero-order valence-electron chi connectivity index (χ0n) is 8.26. The first-order valence-electron chi connectivity index (χ1n) is 4.64. The number of hydrogen-bond donors (Lipinski definition) is 0. The molecule has 0 saturated carbocycles. The molecule has 0 aliphatic carbocycles. The number of ether oxygens (including phenoxy) is 1. The van der Waals surface area contributed by atoms with E-state index in [9.17, 15) is 9.18 Å². The molecule has 2 rings (SSSR count). The number of aromatic nitrogens is 1. The number of carbonyl (C=O) groups excluding carboxylic acids is 1. The van der Waals surface area contributed by atoms with Gasteiger partial charge in [0.2, 0.25) is 5.88 Å². The van der Waals surface area contributed by atoms with Gasteiger partial charge in [-0.3, -0.25) is 0 Å². The van der Waals surface area contributed by atoms with Crippen molar-refractivity contribution in [1.29, 1.82) is 0 Å². The Morgan fingerprint density at radius 2 is 1.88 bits per heavy atom. The van der Waals surface area contributed by atoms with E-state index in [1.54, 1.807) is 18.2 Å². The molecule has 1 heterocycles. The van der Waals surface area contributed by atoms with Gasteiger partial charge < -0.3 is 4.74 Å². The van der Waals surface area contributed by atoms with Gasteiger partial charge in [-0.05, 0) is 30.3 Å². The normalized spacial score (nSPS) is 9.81. The fourth-order valence-corrected chi connectivity index (χ4v) is 1.15. The maximum atomic E-state index is 12.6. The van der Waals surface area contributed by atoms with E-state index in [1.807, 2.05) is 0 Å². The number of nitrogens with zero attached hydrogens (tertiary/aromatic N) is 1. The summed E-state index contributed by atoms with van der Waals surface area (Å²) in [5.41, 5.74) is 0.284. The summed E-state index contributed by atoms with van der Waals surface area (Å²) in [7, 11) is 0. The van der Waals surface area contributed by atoms with Gasteiger partial charge in [0, 0.05) is 12.3 Å². The fraction of sp³-hybridized carbons (Fsp3) is 0. The third kappa shape index (κ3) is 2.42. The first kappa shape index (κ1) is 10.3. The smallest absolute Gasteiger partial charge is 0.344 e. The highest BCUT2D eigenvalue weighted by molar-refractivity contribution is 5.90. The Balaban J connectivity index is 2.12. The quantitative estimate of drug-likeness (QED) is 0.725. The highest BCUT2D eigenvalue weighted by Gasteiger charge is 2.08. The van der Waals surface area contributed by atoms with Crippen molar-refractivity contribution in [3.63, 3.8) is 0 Å². The summed E-state index contributed by atoms with van der Waals surface area (Å²) < 4.78 is 17.6. The molecule has 0 aliphatic rings. The van der Waals surface area contributed by atoms with Crippen LogP contribution in [-0.2, 0) is 0 Å². The minimum atomic E-state index is -0.557. The van der Waals surface area contributed by atoms with Gasteiger partial charge in [-0.1, -0.05) is 6.07 Å². The maximum Gasteiger partial charge on any atom is 0.344 e. The van der Waals surface area contributed by atoms with Crippen molar-refractivity contribution < 1.29 is 13.9 Å². The topological polar surface area (TPSA) is 39.2 Å². The first-order chi connectivity index (χ1) is 7.75. The van der Waals surface area contributed by atoms with E-state index in [0.717, 1.165) is 0 Å². The molecule has 1 aromatic heterocycles. The van der Waals surface area contributed by atoms with Crippen molar-refractivity contribution in [3.8, 4) is 5.88 Å². The molecule has 0 spiro atoms. The summed E-state index contributed by atoms with van der Waals surface area (Å²) in [5.74, 6) is -0.732. The minimum Gasteiger partial charge on any atom is -0.404 e. The van der Waals surface area contributed by atoms with Gasteiger partial charge in [-0.15, -0.1) is 0 Å². The van der Waals surface area contributed by atoms with Crippen LogP contribution in [0.25, 0.3) is 0 Å². The summed E-state index contributed by atoms with van der Waals surface area (Å²) in [4.78, 5) is 15.4. The summed E-state index contributed by atoms with van der Waals surface area (Å²) in [6, 6.07) is 10.1. The van der Waals surface area contributed by atoms with Crippen LogP contribution >= 0.6 is 0 Å². The van der Waals surface area contributed by atoms with E-state index < -0.39 is 11.8 Å². The Bertz CT molecular complexity index is 482. The molecule has 4 heteroatoms. The highest BCUT2D eigenvalue weighted by atomic mass is 19.1. The van der Waals surface area contributed by atoms with Crippen molar-refractivity contribution in [2.45, 2.75) is 0 Å². The second-order valence-corrected chi connectivity index (χ2v) is 3.06. The van der Waals surface area contributed by atoms with Crippen molar-refractivity contribution in [3.05, 3.63) is 60.0 Å². The fourth-order valence-electron chi connectivity index (χ4n) is 1.15. The van der Waals surface area contributed by atoms with E-state index in [-0.39, 0.29) is 11.4 Å². The van der Waals surface area contributed by atoms with Crippen LogP contribution in [0.1, 0.15) is 10.4 Å². The third-order valence-electron chi connectivity index (χ3n) is 1.91. The lowest BCUT2D eigenvalue weighted by atomic mass is 10.2. The number of halogens is 1. The average molecular weight is 217 g/mol. The number of esters is 1. The van der Waals surface area contributed by atoms with Crippen LogP contribution < -0.4 is 4.74 Å². The Hall–Kier alpha value is -2.23. The number of pyridine rings is 1. The molecule has 0 radical (unpaired) electrons. The Labute approximate surface area is 91.5 Å². The molecule has 3 nitrogen and oxygen atoms in total. The van der Waals surface area contributed by atoms with Crippen LogP contribution in [0.15, 0.2) is 48.7 Å². The zero-order chi connectivity index (χ0) is 11.4. The number of benzene rings is 1. The van der Waals surface area contributed by atoms with Gasteiger partial charge in [0.25, 0.3) is 0 Å². The van der Waals surface area contributed by atoms with Gasteiger partial charge in [-0.2, -0.15) is 0 Å². The second-order valence-electron chi connectivity index (χ2n) is 3.06. The molecule has 0 saturated heterocycles. The number of hydrogen-bond acceptors (Lipinski definition) is 3. The summed E-state index contributed by atoms with van der Waals surface area (Å²) in [6.07, 6.45) is 1.52. The molecule has 16 heavy (non-hydrogen) atoms. The molecule has 0 bridgehead atoms. The van der Waals surface area contributed by atoms with Gasteiger partial charge >= 0.3 is 5.97 Å². The van der Waals surface area contributed by atoms with Gasteiger partial charge in [0.1, 0.15) is 5.82 Å². The summed E-state index contributed by atoms with van der Waals surface area (Å²) >= 11 is 0. The standard InChI is InChI=1S/C12H8FNO2/c13-10-6-4-9(5-7-10)12(15)16-11-3-1-2-8-14-11/h1-8H. The Morgan fingerprint density at radius 1 is 1.12 bits per heavy atom. The van der Waals surface area contributed by atoms with Crippen LogP contribution in [0, 0.1) is 5.82 Å². The van der Waals surface area contributed by atoms with E-state index in [0.29, 0.717) is 0 Å². The molecule has 2 aromatic rings. The Morgan fingerprint density at radius 3 is 2.50 bits per heavy atom. The van der Waals surface area contributed by atoms with Gasteiger partial charge in [0.05, 0.1) is 5.56 Å². The van der Waals surface area contributed by atoms with E-state index in [4.69, 9.17) is 4.74 Å². The van der Waals surface area contributed by atoms with E-state index in [1.165, 1.54) is 30.5 Å². The lowest BCUT2D eigenvalue weighted by molar-refractivity contribution is 0.0727. The van der Waals surface area contributed by atoms with Crippen molar-refractivity contribution in [1.82, 2.24) is 4.98 Å². The predicted molar refractivity (Wildman–Crippen MR) is 55.6 cm³/mol. The Kier molecular flexibility index (Phi) is 2.91. The first-order valence-corrected chi connectivity index (χ1v) is 4.64. The molecule has 0 atom stereocenters. The number of carbonyl (C=O) groups is 1. The molecule has 1 aromatic carbocycles. The SMILES string of the molecule is O=C(Oc1ccccn1)c1ccc(F)cc1. The lowest BCUT2D eigenvalue weighted by Crippen LogP contribution is -2.09. The van der Waals surface area contributed by atoms with Crippen molar-refractivity contribution >= 4 is 5.97 Å². The highest BCUT2D eigenvalue weighted by Crippen LogP contribution is 2.09.